The van der Waals surface area contributed by atoms with E-state index in [4.69, 9.17) is 4.74 Å². The van der Waals surface area contributed by atoms with E-state index in [0.717, 1.165) is 9.80 Å². The molecule has 21 heavy (non-hydrogen) atoms. The smallest absolute Gasteiger partial charge is 0.334 e. The highest BCUT2D eigenvalue weighted by molar-refractivity contribution is 6.44. The van der Waals surface area contributed by atoms with Crippen molar-refractivity contribution in [2.75, 3.05) is 13.7 Å². The molecule has 0 unspecified atom stereocenters. The summed E-state index contributed by atoms with van der Waals surface area (Å²) >= 11 is 0. The van der Waals surface area contributed by atoms with Gasteiger partial charge >= 0.3 is 17.8 Å². The molecule has 0 N–H and O–H groups in total. The molecule has 0 bridgehead atoms. The van der Waals surface area contributed by atoms with Crippen LogP contribution < -0.4 is 4.74 Å². The number of amides is 4. The topological polar surface area (TPSA) is 66.9 Å². The van der Waals surface area contributed by atoms with E-state index in [0.29, 0.717) is 12.0 Å². The number of hydrogen-bond donors (Lipinski definition) is 0. The lowest BCUT2D eigenvalue weighted by atomic mass is 10.2. The lowest BCUT2D eigenvalue weighted by Crippen LogP contribution is -2.33. The molecule has 0 atom stereocenters. The van der Waals surface area contributed by atoms with Crippen LogP contribution in [0.3, 0.4) is 0 Å². The molecule has 0 spiro atoms. The van der Waals surface area contributed by atoms with Crippen molar-refractivity contribution in [1.82, 2.24) is 9.80 Å². The molecule has 0 aliphatic carbocycles. The molecule has 6 nitrogen and oxygen atoms in total. The highest BCUT2D eigenvalue weighted by Gasteiger charge is 2.43. The van der Waals surface area contributed by atoms with Gasteiger partial charge in [-0.3, -0.25) is 19.4 Å². The molecule has 1 heterocycles. The first-order valence-corrected chi connectivity index (χ1v) is 6.49. The van der Waals surface area contributed by atoms with Crippen LogP contribution in [-0.4, -0.2) is 41.3 Å². The average molecular weight is 294 g/mol. The summed E-state index contributed by atoms with van der Waals surface area (Å²) in [7, 11) is 1.34. The summed E-state index contributed by atoms with van der Waals surface area (Å²) in [4.78, 5) is 37.2. The van der Waals surface area contributed by atoms with Gasteiger partial charge in [0.05, 0.1) is 13.7 Å². The number of carbonyl (C=O) groups is 3. The number of halogens is 1. The third-order valence-electron chi connectivity index (χ3n) is 3.14. The highest BCUT2D eigenvalue weighted by atomic mass is 19.1. The number of nitrogens with zero attached hydrogens (tertiary/aromatic N) is 2. The summed E-state index contributed by atoms with van der Waals surface area (Å²) in [5.41, 5.74) is 0.404. The van der Waals surface area contributed by atoms with Crippen LogP contribution in [0.4, 0.5) is 9.18 Å². The van der Waals surface area contributed by atoms with Crippen LogP contribution >= 0.6 is 0 Å². The molecule has 112 valence electrons. The van der Waals surface area contributed by atoms with Gasteiger partial charge in [-0.15, -0.1) is 0 Å². The number of carbonyl (C=O) groups excluding carboxylic acids is 3. The summed E-state index contributed by atoms with van der Waals surface area (Å²) < 4.78 is 18.4. The molecule has 0 radical (unpaired) electrons. The van der Waals surface area contributed by atoms with Gasteiger partial charge in [0.1, 0.15) is 0 Å². The van der Waals surface area contributed by atoms with Crippen LogP contribution in [0.2, 0.25) is 0 Å². The molecule has 7 heteroatoms. The fourth-order valence-corrected chi connectivity index (χ4v) is 2.10. The fourth-order valence-electron chi connectivity index (χ4n) is 2.10. The van der Waals surface area contributed by atoms with Crippen molar-refractivity contribution >= 4 is 17.8 Å². The Labute approximate surface area is 121 Å². The van der Waals surface area contributed by atoms with Crippen molar-refractivity contribution in [2.24, 2.45) is 0 Å². The molecular formula is C14H15FN2O4. The van der Waals surface area contributed by atoms with Gasteiger partial charge in [0.25, 0.3) is 0 Å². The predicted molar refractivity (Wildman–Crippen MR) is 70.9 cm³/mol. The quantitative estimate of drug-likeness (QED) is 0.610. The van der Waals surface area contributed by atoms with Crippen LogP contribution in [-0.2, 0) is 16.1 Å². The first-order chi connectivity index (χ1) is 9.99. The summed E-state index contributed by atoms with van der Waals surface area (Å²) in [5.74, 6) is -2.24. The van der Waals surface area contributed by atoms with E-state index in [1.807, 2.05) is 0 Å². The van der Waals surface area contributed by atoms with Gasteiger partial charge in [0.2, 0.25) is 0 Å². The minimum Gasteiger partial charge on any atom is -0.494 e. The van der Waals surface area contributed by atoms with E-state index in [1.54, 1.807) is 6.92 Å². The Hall–Kier alpha value is -2.44. The van der Waals surface area contributed by atoms with Crippen molar-refractivity contribution in [3.8, 4) is 5.75 Å². The van der Waals surface area contributed by atoms with E-state index in [-0.39, 0.29) is 18.8 Å². The van der Waals surface area contributed by atoms with Gasteiger partial charge in [0.15, 0.2) is 11.6 Å². The van der Waals surface area contributed by atoms with E-state index in [9.17, 15) is 18.8 Å². The van der Waals surface area contributed by atoms with Crippen molar-refractivity contribution < 1.29 is 23.5 Å². The van der Waals surface area contributed by atoms with E-state index < -0.39 is 23.7 Å². The van der Waals surface area contributed by atoms with Crippen LogP contribution in [0, 0.1) is 5.82 Å². The molecular weight excluding hydrogens is 279 g/mol. The third-order valence-corrected chi connectivity index (χ3v) is 3.14. The molecule has 1 aromatic carbocycles. The van der Waals surface area contributed by atoms with Crippen molar-refractivity contribution in [3.63, 3.8) is 0 Å². The first kappa shape index (κ1) is 15.0. The van der Waals surface area contributed by atoms with Crippen LogP contribution in [0.5, 0.6) is 5.75 Å². The van der Waals surface area contributed by atoms with Crippen molar-refractivity contribution in [2.45, 2.75) is 19.9 Å². The Kier molecular flexibility index (Phi) is 4.21. The van der Waals surface area contributed by atoms with E-state index >= 15 is 0 Å². The standard InChI is InChI=1S/C14H15FN2O4/c1-3-6-16-12(18)13(19)17(14(16)20)8-9-4-5-11(21-2)10(15)7-9/h4-5,7H,3,6,8H2,1-2H3. The highest BCUT2D eigenvalue weighted by Crippen LogP contribution is 2.21. The zero-order valence-corrected chi connectivity index (χ0v) is 11.8. The molecule has 1 aromatic rings. The van der Waals surface area contributed by atoms with Gasteiger partial charge in [-0.25, -0.2) is 9.18 Å². The number of imide groups is 2. The second kappa shape index (κ2) is 5.90. The largest absolute Gasteiger partial charge is 0.494 e. The monoisotopic (exact) mass is 294 g/mol. The summed E-state index contributed by atoms with van der Waals surface area (Å²) in [6.45, 7) is 1.84. The number of hydrogen-bond acceptors (Lipinski definition) is 4. The van der Waals surface area contributed by atoms with Crippen LogP contribution in [0.15, 0.2) is 18.2 Å². The molecule has 4 amide bonds. The predicted octanol–water partition coefficient (Wildman–Crippen LogP) is 1.54. The second-order valence-corrected chi connectivity index (χ2v) is 4.60. The minimum atomic E-state index is -0.885. The molecule has 2 rings (SSSR count). The molecule has 1 fully saturated rings. The lowest BCUT2D eigenvalue weighted by molar-refractivity contribution is -0.143. The zero-order valence-electron chi connectivity index (χ0n) is 11.8. The molecule has 0 aromatic heterocycles. The normalized spacial score (nSPS) is 15.1. The minimum absolute atomic E-state index is 0.0708. The fraction of sp³-hybridized carbons (Fsp3) is 0.357. The number of ether oxygens (including phenoxy) is 1. The Morgan fingerprint density at radius 3 is 2.38 bits per heavy atom. The SMILES string of the molecule is CCCN1C(=O)C(=O)N(Cc2ccc(OC)c(F)c2)C1=O. The van der Waals surface area contributed by atoms with Gasteiger partial charge in [-0.05, 0) is 24.1 Å². The van der Waals surface area contributed by atoms with Crippen LogP contribution in [0.1, 0.15) is 18.9 Å². The van der Waals surface area contributed by atoms with Crippen LogP contribution in [0.25, 0.3) is 0 Å². The van der Waals surface area contributed by atoms with Crippen molar-refractivity contribution in [3.05, 3.63) is 29.6 Å². The van der Waals surface area contributed by atoms with E-state index in [1.165, 1.54) is 25.3 Å². The Morgan fingerprint density at radius 2 is 1.81 bits per heavy atom. The Morgan fingerprint density at radius 1 is 1.14 bits per heavy atom. The molecule has 0 saturated carbocycles. The number of rotatable bonds is 5. The van der Waals surface area contributed by atoms with Gasteiger partial charge < -0.3 is 4.74 Å². The number of methoxy groups -OCH3 is 1. The molecule has 1 aliphatic heterocycles. The maximum Gasteiger partial charge on any atom is 0.334 e. The van der Waals surface area contributed by atoms with Gasteiger partial charge in [0, 0.05) is 6.54 Å². The Bertz CT molecular complexity index is 603. The second-order valence-electron chi connectivity index (χ2n) is 4.60. The Balaban J connectivity index is 2.19. The summed E-state index contributed by atoms with van der Waals surface area (Å²) in [6.07, 6.45) is 0.565. The summed E-state index contributed by atoms with van der Waals surface area (Å²) in [5, 5.41) is 0. The first-order valence-electron chi connectivity index (χ1n) is 6.49. The lowest BCUT2D eigenvalue weighted by Gasteiger charge is -2.15. The average Bonchev–Trinajstić information content (AvgIpc) is 2.66. The number of urea groups is 1. The third kappa shape index (κ3) is 2.72. The number of benzene rings is 1. The van der Waals surface area contributed by atoms with Gasteiger partial charge in [-0.1, -0.05) is 13.0 Å². The molecule has 1 saturated heterocycles. The van der Waals surface area contributed by atoms with Gasteiger partial charge in [-0.2, -0.15) is 0 Å². The zero-order chi connectivity index (χ0) is 15.6. The molecule has 1 aliphatic rings. The maximum atomic E-state index is 13.6. The summed E-state index contributed by atoms with van der Waals surface area (Å²) in [6, 6.07) is 3.45. The maximum absolute atomic E-state index is 13.6. The van der Waals surface area contributed by atoms with Crippen molar-refractivity contribution in [1.29, 1.82) is 0 Å². The van der Waals surface area contributed by atoms with E-state index in [2.05, 4.69) is 0 Å².